The normalized spacial score (nSPS) is 13.5. The second kappa shape index (κ2) is 5.71. The fourth-order valence-electron chi connectivity index (χ4n) is 1.37. The topological polar surface area (TPSA) is 102 Å². The molecule has 1 unspecified atom stereocenters. The van der Waals surface area contributed by atoms with Crippen molar-refractivity contribution in [2.45, 2.75) is 25.8 Å². The van der Waals surface area contributed by atoms with Crippen molar-refractivity contribution >= 4 is 17.6 Å². The van der Waals surface area contributed by atoms with Gasteiger partial charge in [0.25, 0.3) is 0 Å². The molecule has 0 aliphatic rings. The highest BCUT2D eigenvalue weighted by molar-refractivity contribution is 6.03. The van der Waals surface area contributed by atoms with E-state index in [4.69, 9.17) is 15.6 Å². The predicted molar refractivity (Wildman–Crippen MR) is 71.5 cm³/mol. The lowest BCUT2D eigenvalue weighted by Gasteiger charge is -2.22. The number of carboxylic acid groups (broad SMARTS) is 1. The van der Waals surface area contributed by atoms with Gasteiger partial charge in [-0.1, -0.05) is 6.92 Å². The van der Waals surface area contributed by atoms with Crippen molar-refractivity contribution in [3.05, 3.63) is 23.8 Å². The van der Waals surface area contributed by atoms with Crippen LogP contribution in [-0.2, 0) is 4.79 Å². The Labute approximate surface area is 111 Å². The first-order valence-corrected chi connectivity index (χ1v) is 5.83. The monoisotopic (exact) mass is 266 g/mol. The lowest BCUT2D eigenvalue weighted by Crippen LogP contribution is -2.48. The Kier molecular flexibility index (Phi) is 4.50. The molecule has 19 heavy (non-hydrogen) atoms. The molecule has 0 aromatic heterocycles. The summed E-state index contributed by atoms with van der Waals surface area (Å²) >= 11 is 0. The lowest BCUT2D eigenvalue weighted by atomic mass is 9.99. The molecule has 0 spiro atoms. The Morgan fingerprint density at radius 3 is 2.58 bits per heavy atom. The Morgan fingerprint density at radius 2 is 2.11 bits per heavy atom. The summed E-state index contributed by atoms with van der Waals surface area (Å²) < 4.78 is 5.01. The zero-order valence-electron chi connectivity index (χ0n) is 11.2. The van der Waals surface area contributed by atoms with Gasteiger partial charge in [-0.3, -0.25) is 4.79 Å². The summed E-state index contributed by atoms with van der Waals surface area (Å²) in [6, 6.07) is 4.34. The van der Waals surface area contributed by atoms with Crippen molar-refractivity contribution in [1.82, 2.24) is 0 Å². The van der Waals surface area contributed by atoms with Crippen LogP contribution in [0.4, 0.5) is 5.69 Å². The number of rotatable bonds is 5. The fraction of sp³-hybridized carbons (Fsp3) is 0.385. The molecule has 1 amide bonds. The maximum Gasteiger partial charge on any atom is 0.337 e. The molecule has 0 aliphatic carbocycles. The minimum absolute atomic E-state index is 0.0129. The highest BCUT2D eigenvalue weighted by Crippen LogP contribution is 2.23. The number of methoxy groups -OCH3 is 1. The van der Waals surface area contributed by atoms with Gasteiger partial charge >= 0.3 is 5.97 Å². The molecule has 1 rings (SSSR count). The first-order valence-electron chi connectivity index (χ1n) is 5.83. The molecular formula is C13H18N2O4. The lowest BCUT2D eigenvalue weighted by molar-refractivity contribution is -0.120. The van der Waals surface area contributed by atoms with Gasteiger partial charge in [0.15, 0.2) is 0 Å². The number of hydrogen-bond acceptors (Lipinski definition) is 4. The summed E-state index contributed by atoms with van der Waals surface area (Å²) in [5.74, 6) is -1.12. The molecule has 0 aliphatic heterocycles. The fourth-order valence-corrected chi connectivity index (χ4v) is 1.37. The Balaban J connectivity index is 3.11. The quantitative estimate of drug-likeness (QED) is 0.748. The maximum atomic E-state index is 12.0. The first-order chi connectivity index (χ1) is 8.81. The van der Waals surface area contributed by atoms with Gasteiger partial charge < -0.3 is 20.9 Å². The first kappa shape index (κ1) is 15.0. The van der Waals surface area contributed by atoms with Crippen molar-refractivity contribution in [1.29, 1.82) is 0 Å². The van der Waals surface area contributed by atoms with Crippen LogP contribution in [0.15, 0.2) is 18.2 Å². The van der Waals surface area contributed by atoms with E-state index in [-0.39, 0.29) is 11.3 Å². The third-order valence-electron chi connectivity index (χ3n) is 2.96. The number of hydrogen-bond donors (Lipinski definition) is 3. The summed E-state index contributed by atoms with van der Waals surface area (Å²) in [7, 11) is 1.46. The average molecular weight is 266 g/mol. The second-order valence-electron chi connectivity index (χ2n) is 4.44. The average Bonchev–Trinajstić information content (AvgIpc) is 2.38. The summed E-state index contributed by atoms with van der Waals surface area (Å²) in [5.41, 5.74) is 4.91. The summed E-state index contributed by atoms with van der Waals surface area (Å²) in [5, 5.41) is 11.6. The van der Waals surface area contributed by atoms with E-state index in [1.807, 2.05) is 0 Å². The molecule has 0 saturated carbocycles. The van der Waals surface area contributed by atoms with Gasteiger partial charge in [0, 0.05) is 6.07 Å². The number of amides is 1. The molecule has 1 atom stereocenters. The highest BCUT2D eigenvalue weighted by atomic mass is 16.5. The van der Waals surface area contributed by atoms with Crippen LogP contribution < -0.4 is 15.8 Å². The zero-order valence-corrected chi connectivity index (χ0v) is 11.2. The minimum atomic E-state index is -1.13. The van der Waals surface area contributed by atoms with E-state index in [1.54, 1.807) is 13.8 Å². The summed E-state index contributed by atoms with van der Waals surface area (Å²) in [6.07, 6.45) is 0.436. The Bertz CT molecular complexity index is 497. The van der Waals surface area contributed by atoms with E-state index >= 15 is 0 Å². The van der Waals surface area contributed by atoms with Crippen LogP contribution in [0, 0.1) is 0 Å². The number of carboxylic acids is 1. The smallest absolute Gasteiger partial charge is 0.337 e. The molecule has 0 saturated heterocycles. The van der Waals surface area contributed by atoms with E-state index in [2.05, 4.69) is 5.32 Å². The molecule has 0 fully saturated rings. The molecule has 0 heterocycles. The van der Waals surface area contributed by atoms with Gasteiger partial charge in [-0.15, -0.1) is 0 Å². The third kappa shape index (κ3) is 3.45. The van der Waals surface area contributed by atoms with Gasteiger partial charge in [-0.25, -0.2) is 4.79 Å². The summed E-state index contributed by atoms with van der Waals surface area (Å²) in [6.45, 7) is 3.37. The van der Waals surface area contributed by atoms with Crippen LogP contribution in [0.2, 0.25) is 0 Å². The van der Waals surface area contributed by atoms with Crippen LogP contribution in [0.5, 0.6) is 5.75 Å². The van der Waals surface area contributed by atoms with Crippen LogP contribution in [0.25, 0.3) is 0 Å². The maximum absolute atomic E-state index is 12.0. The number of benzene rings is 1. The van der Waals surface area contributed by atoms with E-state index < -0.39 is 17.4 Å². The molecule has 0 radical (unpaired) electrons. The number of ether oxygens (including phenoxy) is 1. The van der Waals surface area contributed by atoms with Crippen molar-refractivity contribution in [2.75, 3.05) is 12.4 Å². The Hall–Kier alpha value is -2.08. The molecule has 6 nitrogen and oxygen atoms in total. The molecule has 0 bridgehead atoms. The molecule has 104 valence electrons. The standard InChI is InChI=1S/C13H18N2O4/c1-4-13(2,14)12(18)15-10-7-8(19-3)5-6-9(10)11(16)17/h5-7H,4,14H2,1-3H3,(H,15,18)(H,16,17). The van der Waals surface area contributed by atoms with E-state index in [0.717, 1.165) is 0 Å². The predicted octanol–water partition coefficient (Wildman–Crippen LogP) is 1.46. The van der Waals surface area contributed by atoms with Crippen molar-refractivity contribution in [3.8, 4) is 5.75 Å². The SMILES string of the molecule is CCC(C)(N)C(=O)Nc1cc(OC)ccc1C(=O)O. The van der Waals surface area contributed by atoms with Crippen LogP contribution >= 0.6 is 0 Å². The molecule has 4 N–H and O–H groups in total. The number of nitrogens with one attached hydrogen (secondary N) is 1. The highest BCUT2D eigenvalue weighted by Gasteiger charge is 2.27. The molecule has 1 aromatic carbocycles. The second-order valence-corrected chi connectivity index (χ2v) is 4.44. The van der Waals surface area contributed by atoms with Gasteiger partial charge in [0.1, 0.15) is 5.75 Å². The largest absolute Gasteiger partial charge is 0.497 e. The third-order valence-corrected chi connectivity index (χ3v) is 2.96. The Morgan fingerprint density at radius 1 is 1.47 bits per heavy atom. The number of aromatic carboxylic acids is 1. The van der Waals surface area contributed by atoms with Crippen LogP contribution in [0.3, 0.4) is 0 Å². The van der Waals surface area contributed by atoms with E-state index in [9.17, 15) is 9.59 Å². The van der Waals surface area contributed by atoms with Gasteiger partial charge in [-0.05, 0) is 25.5 Å². The van der Waals surface area contributed by atoms with Gasteiger partial charge in [-0.2, -0.15) is 0 Å². The van der Waals surface area contributed by atoms with Crippen molar-refractivity contribution in [3.63, 3.8) is 0 Å². The van der Waals surface area contributed by atoms with E-state index in [0.29, 0.717) is 12.2 Å². The van der Waals surface area contributed by atoms with Gasteiger partial charge in [0.05, 0.1) is 23.9 Å². The van der Waals surface area contributed by atoms with Gasteiger partial charge in [0.2, 0.25) is 5.91 Å². The van der Waals surface area contributed by atoms with E-state index in [1.165, 1.54) is 25.3 Å². The van der Waals surface area contributed by atoms with Crippen LogP contribution in [-0.4, -0.2) is 29.6 Å². The minimum Gasteiger partial charge on any atom is -0.497 e. The number of carbonyl (C=O) groups is 2. The van der Waals surface area contributed by atoms with Crippen LogP contribution in [0.1, 0.15) is 30.6 Å². The molecule has 6 heteroatoms. The zero-order chi connectivity index (χ0) is 14.6. The number of anilines is 1. The number of carbonyl (C=O) groups excluding carboxylic acids is 1. The number of nitrogens with two attached hydrogens (primary N) is 1. The molecular weight excluding hydrogens is 248 g/mol. The molecule has 1 aromatic rings. The summed E-state index contributed by atoms with van der Waals surface area (Å²) in [4.78, 5) is 23.1. The van der Waals surface area contributed by atoms with Crippen molar-refractivity contribution < 1.29 is 19.4 Å². The van der Waals surface area contributed by atoms with Crippen molar-refractivity contribution in [2.24, 2.45) is 5.73 Å².